The molecule has 1 aliphatic rings. The predicted molar refractivity (Wildman–Crippen MR) is 97.6 cm³/mol. The van der Waals surface area contributed by atoms with Gasteiger partial charge in [-0.25, -0.2) is 9.37 Å². The van der Waals surface area contributed by atoms with Crippen molar-refractivity contribution in [2.75, 3.05) is 6.54 Å². The quantitative estimate of drug-likeness (QED) is 0.722. The molecule has 1 amide bonds. The van der Waals surface area contributed by atoms with Crippen molar-refractivity contribution in [1.82, 2.24) is 10.3 Å². The fourth-order valence-corrected chi connectivity index (χ4v) is 4.37. The molecule has 0 aliphatic carbocycles. The van der Waals surface area contributed by atoms with Crippen molar-refractivity contribution in [3.63, 3.8) is 0 Å². The number of carbonyl (C=O) groups is 2. The second kappa shape index (κ2) is 7.31. The maximum absolute atomic E-state index is 13.5. The van der Waals surface area contributed by atoms with Gasteiger partial charge in [0, 0.05) is 0 Å². The Hall–Kier alpha value is -1.64. The first-order valence-electron chi connectivity index (χ1n) is 7.79. The number of hydrogen-bond acceptors (Lipinski definition) is 5. The zero-order valence-corrected chi connectivity index (χ0v) is 15.6. The minimum absolute atomic E-state index is 0.176. The molecule has 1 aromatic carbocycles. The summed E-state index contributed by atoms with van der Waals surface area (Å²) in [6.45, 7) is 0.615. The number of ketones is 1. The van der Waals surface area contributed by atoms with Crippen LogP contribution in [0, 0.1) is 12.2 Å². The van der Waals surface area contributed by atoms with Crippen LogP contribution in [-0.2, 0) is 4.79 Å². The largest absolute Gasteiger partial charge is 0.368 e. The van der Waals surface area contributed by atoms with Crippen LogP contribution in [0.2, 0.25) is 0 Å². The summed E-state index contributed by atoms with van der Waals surface area (Å²) in [4.78, 5) is 29.6. The molecule has 2 aromatic rings. The number of rotatable bonds is 5. The van der Waals surface area contributed by atoms with Crippen molar-refractivity contribution in [2.45, 2.75) is 24.8 Å². The second-order valence-corrected chi connectivity index (χ2v) is 8.16. The van der Waals surface area contributed by atoms with Gasteiger partial charge >= 0.3 is 0 Å². The van der Waals surface area contributed by atoms with Crippen LogP contribution in [0.5, 0.6) is 0 Å². The van der Waals surface area contributed by atoms with E-state index in [4.69, 9.17) is 5.73 Å². The Morgan fingerprint density at radius 3 is 2.84 bits per heavy atom. The highest BCUT2D eigenvalue weighted by Crippen LogP contribution is 2.35. The van der Waals surface area contributed by atoms with Crippen molar-refractivity contribution in [3.05, 3.63) is 46.1 Å². The lowest BCUT2D eigenvalue weighted by molar-refractivity contribution is -0.123. The average molecular weight is 425 g/mol. The van der Waals surface area contributed by atoms with E-state index < -0.39 is 23.0 Å². The third kappa shape index (κ3) is 3.80. The lowest BCUT2D eigenvalue weighted by Crippen LogP contribution is -2.59. The SMILES string of the molecule is NC(=O)C1([CH]C(=O)c2nc(Br)sc2-c2cccc(F)c2)CCCCN1. The van der Waals surface area contributed by atoms with E-state index in [1.165, 1.54) is 29.9 Å². The Balaban J connectivity index is 1.94. The molecule has 1 aliphatic heterocycles. The highest BCUT2D eigenvalue weighted by molar-refractivity contribution is 9.11. The van der Waals surface area contributed by atoms with Crippen molar-refractivity contribution in [1.29, 1.82) is 0 Å². The van der Waals surface area contributed by atoms with Gasteiger partial charge in [-0.3, -0.25) is 9.59 Å². The van der Waals surface area contributed by atoms with E-state index in [0.717, 1.165) is 12.8 Å². The smallest absolute Gasteiger partial charge is 0.238 e. The Morgan fingerprint density at radius 1 is 1.40 bits per heavy atom. The number of nitrogens with one attached hydrogen (secondary N) is 1. The summed E-state index contributed by atoms with van der Waals surface area (Å²) in [5.74, 6) is -1.39. The molecule has 0 spiro atoms. The summed E-state index contributed by atoms with van der Waals surface area (Å²) < 4.78 is 14.0. The van der Waals surface area contributed by atoms with Crippen molar-refractivity contribution < 1.29 is 14.0 Å². The lowest BCUT2D eigenvalue weighted by atomic mass is 9.83. The summed E-state index contributed by atoms with van der Waals surface area (Å²) in [7, 11) is 0. The van der Waals surface area contributed by atoms with Crippen LogP contribution in [0.4, 0.5) is 4.39 Å². The number of primary amides is 1. The molecule has 25 heavy (non-hydrogen) atoms. The standard InChI is InChI=1S/C17H16BrFN3O2S/c18-16-22-13(14(25-16)10-4-3-5-11(19)8-10)12(23)9-17(15(20)24)6-1-2-7-21-17/h3-5,8-9,21H,1-2,6-7H2,(H2,20,24). The average Bonchev–Trinajstić information content (AvgIpc) is 2.98. The van der Waals surface area contributed by atoms with E-state index in [2.05, 4.69) is 26.2 Å². The van der Waals surface area contributed by atoms with Crippen molar-refractivity contribution in [2.24, 2.45) is 5.73 Å². The minimum atomic E-state index is -1.16. The van der Waals surface area contributed by atoms with Crippen LogP contribution in [0.3, 0.4) is 0 Å². The van der Waals surface area contributed by atoms with Crippen molar-refractivity contribution in [3.8, 4) is 10.4 Å². The number of benzene rings is 1. The number of thiazole rings is 1. The Labute approximate surface area is 157 Å². The Kier molecular flexibility index (Phi) is 5.31. The topological polar surface area (TPSA) is 85.1 Å². The van der Waals surface area contributed by atoms with Crippen LogP contribution in [0.15, 0.2) is 28.2 Å². The van der Waals surface area contributed by atoms with Gasteiger partial charge in [-0.05, 0) is 59.4 Å². The van der Waals surface area contributed by atoms with Crippen LogP contribution < -0.4 is 11.1 Å². The molecule has 0 bridgehead atoms. The number of amides is 1. The van der Waals surface area contributed by atoms with Crippen LogP contribution >= 0.6 is 27.3 Å². The van der Waals surface area contributed by atoms with Gasteiger partial charge in [0.15, 0.2) is 9.70 Å². The van der Waals surface area contributed by atoms with E-state index >= 15 is 0 Å². The van der Waals surface area contributed by atoms with E-state index in [0.29, 0.717) is 27.3 Å². The number of carbonyl (C=O) groups excluding carboxylic acids is 2. The van der Waals surface area contributed by atoms with Crippen LogP contribution in [-0.4, -0.2) is 28.8 Å². The lowest BCUT2D eigenvalue weighted by Gasteiger charge is -2.34. The van der Waals surface area contributed by atoms with Gasteiger partial charge in [-0.2, -0.15) is 0 Å². The fourth-order valence-electron chi connectivity index (χ4n) is 2.91. The van der Waals surface area contributed by atoms with Crippen molar-refractivity contribution >= 4 is 39.0 Å². The number of hydrogen-bond donors (Lipinski definition) is 2. The molecular formula is C17H16BrFN3O2S. The maximum Gasteiger partial charge on any atom is 0.238 e. The third-order valence-corrected chi connectivity index (χ3v) is 5.73. The summed E-state index contributed by atoms with van der Waals surface area (Å²) in [6.07, 6.45) is 3.51. The maximum atomic E-state index is 13.5. The fraction of sp³-hybridized carbons (Fsp3) is 0.294. The van der Waals surface area contributed by atoms with Gasteiger partial charge in [0.25, 0.3) is 0 Å². The molecule has 3 N–H and O–H groups in total. The zero-order valence-electron chi connectivity index (χ0n) is 13.2. The van der Waals surface area contributed by atoms with Gasteiger partial charge in [0.1, 0.15) is 17.1 Å². The summed E-state index contributed by atoms with van der Waals surface area (Å²) >= 11 is 4.51. The Bertz CT molecular complexity index is 818. The van der Waals surface area contributed by atoms with E-state index in [1.807, 2.05) is 0 Å². The van der Waals surface area contributed by atoms with Gasteiger partial charge in [0.2, 0.25) is 5.91 Å². The van der Waals surface area contributed by atoms with E-state index in [-0.39, 0.29) is 5.69 Å². The molecule has 1 aromatic heterocycles. The molecule has 1 atom stereocenters. The number of halogens is 2. The molecule has 1 fully saturated rings. The van der Waals surface area contributed by atoms with Gasteiger partial charge in [-0.1, -0.05) is 12.1 Å². The molecule has 0 saturated carbocycles. The number of aromatic nitrogens is 1. The van der Waals surface area contributed by atoms with Gasteiger partial charge in [-0.15, -0.1) is 11.3 Å². The summed E-state index contributed by atoms with van der Waals surface area (Å²) in [6, 6.07) is 5.97. The van der Waals surface area contributed by atoms with Crippen LogP contribution in [0.25, 0.3) is 10.4 Å². The third-order valence-electron chi connectivity index (χ3n) is 4.18. The molecule has 131 valence electrons. The highest BCUT2D eigenvalue weighted by Gasteiger charge is 2.41. The monoisotopic (exact) mass is 424 g/mol. The first-order valence-corrected chi connectivity index (χ1v) is 9.40. The highest BCUT2D eigenvalue weighted by atomic mass is 79.9. The second-order valence-electron chi connectivity index (χ2n) is 5.88. The van der Waals surface area contributed by atoms with E-state index in [9.17, 15) is 14.0 Å². The van der Waals surface area contributed by atoms with Gasteiger partial charge < -0.3 is 11.1 Å². The summed E-state index contributed by atoms with van der Waals surface area (Å²) in [5, 5.41) is 3.06. The first-order chi connectivity index (χ1) is 11.9. The molecule has 1 saturated heterocycles. The predicted octanol–water partition coefficient (Wildman–Crippen LogP) is 3.10. The normalized spacial score (nSPS) is 20.4. The molecular weight excluding hydrogens is 409 g/mol. The van der Waals surface area contributed by atoms with Gasteiger partial charge in [0.05, 0.1) is 11.3 Å². The minimum Gasteiger partial charge on any atom is -0.368 e. The zero-order chi connectivity index (χ0) is 18.0. The number of nitrogens with two attached hydrogens (primary N) is 1. The summed E-state index contributed by atoms with van der Waals surface area (Å²) in [5.41, 5.74) is 5.12. The molecule has 2 heterocycles. The Morgan fingerprint density at radius 2 is 2.20 bits per heavy atom. The van der Waals surface area contributed by atoms with E-state index in [1.54, 1.807) is 12.1 Å². The number of nitrogens with zero attached hydrogens (tertiary/aromatic N) is 1. The number of piperidine rings is 1. The molecule has 1 radical (unpaired) electrons. The molecule has 1 unspecified atom stereocenters. The molecule has 5 nitrogen and oxygen atoms in total. The molecule has 8 heteroatoms. The first kappa shape index (κ1) is 18.2. The molecule has 3 rings (SSSR count). The number of Topliss-reactive ketones (excluding diaryl/α,β-unsaturated/α-hetero) is 1. The van der Waals surface area contributed by atoms with Crippen LogP contribution in [0.1, 0.15) is 29.8 Å².